The highest BCUT2D eigenvalue weighted by atomic mass is 16.5. The van der Waals surface area contributed by atoms with Crippen molar-refractivity contribution in [2.45, 2.75) is 33.3 Å². The summed E-state index contributed by atoms with van der Waals surface area (Å²) in [5.74, 6) is 0.773. The van der Waals surface area contributed by atoms with E-state index >= 15 is 0 Å². The van der Waals surface area contributed by atoms with E-state index in [0.29, 0.717) is 13.0 Å². The summed E-state index contributed by atoms with van der Waals surface area (Å²) in [5, 5.41) is 9.82. The Morgan fingerprint density at radius 1 is 1.38 bits per heavy atom. The lowest BCUT2D eigenvalue weighted by Gasteiger charge is -2.14. The van der Waals surface area contributed by atoms with Gasteiger partial charge in [0.25, 0.3) is 0 Å². The second kappa shape index (κ2) is 6.33. The van der Waals surface area contributed by atoms with Gasteiger partial charge in [-0.1, -0.05) is 30.7 Å². The molecule has 1 aromatic rings. The summed E-state index contributed by atoms with van der Waals surface area (Å²) in [6.07, 6.45) is 2.28. The normalized spacial score (nSPS) is 12.0. The molecule has 0 saturated carbocycles. The van der Waals surface area contributed by atoms with Gasteiger partial charge >= 0.3 is 0 Å². The van der Waals surface area contributed by atoms with E-state index < -0.39 is 6.10 Å². The maximum Gasteiger partial charge on any atom is 0.125 e. The van der Waals surface area contributed by atoms with Crippen molar-refractivity contribution in [2.24, 2.45) is 0 Å². The van der Waals surface area contributed by atoms with Gasteiger partial charge in [-0.25, -0.2) is 0 Å². The first kappa shape index (κ1) is 12.8. The Morgan fingerprint density at radius 3 is 2.69 bits per heavy atom. The maximum atomic E-state index is 9.82. The highest BCUT2D eigenvalue weighted by Gasteiger charge is 2.10. The SMILES string of the molecule is CC[C@@H](O)c1ccccc1OCC=C(C)C. The van der Waals surface area contributed by atoms with Crippen molar-refractivity contribution in [2.75, 3.05) is 6.61 Å². The van der Waals surface area contributed by atoms with Gasteiger partial charge in [-0.05, 0) is 32.4 Å². The van der Waals surface area contributed by atoms with E-state index in [-0.39, 0.29) is 0 Å². The summed E-state index contributed by atoms with van der Waals surface area (Å²) in [4.78, 5) is 0. The molecular formula is C14H20O2. The number of aliphatic hydroxyl groups is 1. The number of rotatable bonds is 5. The molecule has 0 saturated heterocycles. The van der Waals surface area contributed by atoms with E-state index in [9.17, 15) is 5.11 Å². The zero-order valence-corrected chi connectivity index (χ0v) is 10.2. The van der Waals surface area contributed by atoms with Gasteiger partial charge in [0.2, 0.25) is 0 Å². The minimum Gasteiger partial charge on any atom is -0.489 e. The first-order chi connectivity index (χ1) is 7.65. The third-order valence-electron chi connectivity index (χ3n) is 2.40. The molecule has 1 N–H and O–H groups in total. The highest BCUT2D eigenvalue weighted by molar-refractivity contribution is 5.35. The lowest BCUT2D eigenvalue weighted by atomic mass is 10.1. The molecule has 0 aliphatic heterocycles. The highest BCUT2D eigenvalue weighted by Crippen LogP contribution is 2.26. The molecule has 88 valence electrons. The minimum atomic E-state index is -0.442. The van der Waals surface area contributed by atoms with Crippen LogP contribution in [0, 0.1) is 0 Å². The second-order valence-corrected chi connectivity index (χ2v) is 4.05. The number of allylic oxidation sites excluding steroid dienone is 1. The van der Waals surface area contributed by atoms with Crippen molar-refractivity contribution >= 4 is 0 Å². The summed E-state index contributed by atoms with van der Waals surface area (Å²) in [7, 11) is 0. The van der Waals surface area contributed by atoms with Crippen LogP contribution in [-0.2, 0) is 0 Å². The average molecular weight is 220 g/mol. The van der Waals surface area contributed by atoms with Crippen LogP contribution in [0.3, 0.4) is 0 Å². The first-order valence-electron chi connectivity index (χ1n) is 5.68. The van der Waals surface area contributed by atoms with E-state index in [4.69, 9.17) is 4.74 Å². The fourth-order valence-electron chi connectivity index (χ4n) is 1.41. The summed E-state index contributed by atoms with van der Waals surface area (Å²) >= 11 is 0. The Balaban J connectivity index is 2.75. The number of aliphatic hydroxyl groups excluding tert-OH is 1. The van der Waals surface area contributed by atoms with Crippen LogP contribution in [0.25, 0.3) is 0 Å². The summed E-state index contributed by atoms with van der Waals surface area (Å²) in [6.45, 7) is 6.58. The maximum absolute atomic E-state index is 9.82. The van der Waals surface area contributed by atoms with Gasteiger partial charge < -0.3 is 9.84 Å². The van der Waals surface area contributed by atoms with Crippen molar-refractivity contribution < 1.29 is 9.84 Å². The molecule has 0 heterocycles. The number of hydrogen-bond acceptors (Lipinski definition) is 2. The van der Waals surface area contributed by atoms with E-state index in [0.717, 1.165) is 11.3 Å². The van der Waals surface area contributed by atoms with Gasteiger partial charge in [-0.15, -0.1) is 0 Å². The molecule has 16 heavy (non-hydrogen) atoms. The fourth-order valence-corrected chi connectivity index (χ4v) is 1.41. The van der Waals surface area contributed by atoms with Gasteiger partial charge in [0.05, 0.1) is 6.10 Å². The number of benzene rings is 1. The molecule has 0 amide bonds. The zero-order chi connectivity index (χ0) is 12.0. The van der Waals surface area contributed by atoms with Crippen LogP contribution in [0.15, 0.2) is 35.9 Å². The predicted octanol–water partition coefficient (Wildman–Crippen LogP) is 3.48. The lowest BCUT2D eigenvalue weighted by Crippen LogP contribution is -2.02. The van der Waals surface area contributed by atoms with Crippen LogP contribution in [0.4, 0.5) is 0 Å². The second-order valence-electron chi connectivity index (χ2n) is 4.05. The van der Waals surface area contributed by atoms with Crippen molar-refractivity contribution in [1.82, 2.24) is 0 Å². The molecule has 0 fully saturated rings. The van der Waals surface area contributed by atoms with E-state index in [1.807, 2.05) is 51.1 Å². The standard InChI is InChI=1S/C14H20O2/c1-4-13(15)12-7-5-6-8-14(12)16-10-9-11(2)3/h5-9,13,15H,4,10H2,1-3H3/t13-/m1/s1. The molecule has 2 nitrogen and oxygen atoms in total. The molecule has 0 radical (unpaired) electrons. The number of ether oxygens (including phenoxy) is 1. The smallest absolute Gasteiger partial charge is 0.125 e. The van der Waals surface area contributed by atoms with Gasteiger partial charge in [-0.3, -0.25) is 0 Å². The van der Waals surface area contributed by atoms with Crippen molar-refractivity contribution in [1.29, 1.82) is 0 Å². The Morgan fingerprint density at radius 2 is 2.06 bits per heavy atom. The van der Waals surface area contributed by atoms with Gasteiger partial charge in [0.1, 0.15) is 12.4 Å². The molecule has 0 aliphatic rings. The number of hydrogen-bond donors (Lipinski definition) is 1. The van der Waals surface area contributed by atoms with Crippen LogP contribution in [0.1, 0.15) is 38.9 Å². The topological polar surface area (TPSA) is 29.5 Å². The van der Waals surface area contributed by atoms with Crippen molar-refractivity contribution in [3.63, 3.8) is 0 Å². The molecule has 0 aliphatic carbocycles. The summed E-state index contributed by atoms with van der Waals surface area (Å²) in [5.41, 5.74) is 2.10. The van der Waals surface area contributed by atoms with Crippen LogP contribution in [0.2, 0.25) is 0 Å². The summed E-state index contributed by atoms with van der Waals surface area (Å²) < 4.78 is 5.63. The molecule has 0 aromatic heterocycles. The molecule has 0 bridgehead atoms. The van der Waals surface area contributed by atoms with Gasteiger partial charge in [0, 0.05) is 5.56 Å². The summed E-state index contributed by atoms with van der Waals surface area (Å²) in [6, 6.07) is 7.64. The van der Waals surface area contributed by atoms with E-state index in [2.05, 4.69) is 0 Å². The van der Waals surface area contributed by atoms with Crippen LogP contribution < -0.4 is 4.74 Å². The zero-order valence-electron chi connectivity index (χ0n) is 10.2. The van der Waals surface area contributed by atoms with E-state index in [1.54, 1.807) is 0 Å². The monoisotopic (exact) mass is 220 g/mol. The molecule has 1 rings (SSSR count). The molecule has 1 aromatic carbocycles. The van der Waals surface area contributed by atoms with Crippen LogP contribution in [-0.4, -0.2) is 11.7 Å². The molecule has 2 heteroatoms. The molecule has 0 spiro atoms. The number of para-hydroxylation sites is 1. The van der Waals surface area contributed by atoms with Gasteiger partial charge in [-0.2, -0.15) is 0 Å². The lowest BCUT2D eigenvalue weighted by molar-refractivity contribution is 0.168. The van der Waals surface area contributed by atoms with Crippen LogP contribution in [0.5, 0.6) is 5.75 Å². The third kappa shape index (κ3) is 3.70. The van der Waals surface area contributed by atoms with Crippen molar-refractivity contribution in [3.05, 3.63) is 41.5 Å². The Kier molecular flexibility index (Phi) is 5.06. The largest absolute Gasteiger partial charge is 0.489 e. The Labute approximate surface area is 97.6 Å². The fraction of sp³-hybridized carbons (Fsp3) is 0.429. The Bertz CT molecular complexity index is 352. The molecule has 0 unspecified atom stereocenters. The quantitative estimate of drug-likeness (QED) is 0.770. The van der Waals surface area contributed by atoms with Gasteiger partial charge in [0.15, 0.2) is 0 Å². The molecule has 1 atom stereocenters. The Hall–Kier alpha value is -1.28. The van der Waals surface area contributed by atoms with Crippen LogP contribution >= 0.6 is 0 Å². The third-order valence-corrected chi connectivity index (χ3v) is 2.40. The minimum absolute atomic E-state index is 0.442. The predicted molar refractivity (Wildman–Crippen MR) is 66.6 cm³/mol. The average Bonchev–Trinajstić information content (AvgIpc) is 2.28. The van der Waals surface area contributed by atoms with Crippen molar-refractivity contribution in [3.8, 4) is 5.75 Å². The first-order valence-corrected chi connectivity index (χ1v) is 5.68. The molecular weight excluding hydrogens is 200 g/mol. The van der Waals surface area contributed by atoms with E-state index in [1.165, 1.54) is 5.57 Å².